The van der Waals surface area contributed by atoms with Crippen LogP contribution in [0.1, 0.15) is 30.0 Å². The molecule has 1 N–H and O–H groups in total. The van der Waals surface area contributed by atoms with Crippen molar-refractivity contribution in [2.75, 3.05) is 20.6 Å². The molecule has 1 aliphatic rings. The number of aryl methyl sites for hydroxylation is 1. The maximum atomic E-state index is 13.2. The molecule has 1 atom stereocenters. The molecule has 0 radical (unpaired) electrons. The second-order valence-electron chi connectivity index (χ2n) is 7.99. The van der Waals surface area contributed by atoms with Crippen LogP contribution in [0.25, 0.3) is 10.9 Å². The molecule has 1 fully saturated rings. The van der Waals surface area contributed by atoms with Gasteiger partial charge in [0, 0.05) is 30.7 Å². The van der Waals surface area contributed by atoms with E-state index in [0.29, 0.717) is 6.54 Å². The first-order valence-corrected chi connectivity index (χ1v) is 9.67. The Morgan fingerprint density at radius 2 is 1.86 bits per heavy atom. The number of carbonyl (C=O) groups excluding carboxylic acids is 1. The fourth-order valence-electron chi connectivity index (χ4n) is 4.11. The number of aromatic nitrogens is 1. The number of carbonyl (C=O) groups is 1. The van der Waals surface area contributed by atoms with Gasteiger partial charge in [-0.2, -0.15) is 0 Å². The van der Waals surface area contributed by atoms with E-state index in [1.165, 1.54) is 28.6 Å². The zero-order valence-electron chi connectivity index (χ0n) is 16.6. The quantitative estimate of drug-likeness (QED) is 0.708. The van der Waals surface area contributed by atoms with E-state index >= 15 is 0 Å². The van der Waals surface area contributed by atoms with Crippen LogP contribution in [-0.2, 0) is 17.3 Å². The van der Waals surface area contributed by atoms with Crippen LogP contribution in [0.2, 0.25) is 0 Å². The van der Waals surface area contributed by atoms with E-state index < -0.39 is 5.41 Å². The number of amides is 1. The molecular weight excluding hydrogens is 353 g/mol. The summed E-state index contributed by atoms with van der Waals surface area (Å²) in [5.74, 6) is -0.241. The van der Waals surface area contributed by atoms with Crippen LogP contribution in [0.15, 0.2) is 54.7 Å². The molecule has 0 aliphatic heterocycles. The van der Waals surface area contributed by atoms with Crippen molar-refractivity contribution in [1.82, 2.24) is 14.8 Å². The Morgan fingerprint density at radius 3 is 2.50 bits per heavy atom. The molecular formula is C23H26FN3O. The van der Waals surface area contributed by atoms with Gasteiger partial charge in [0.15, 0.2) is 0 Å². The van der Waals surface area contributed by atoms with Gasteiger partial charge in [-0.25, -0.2) is 4.39 Å². The number of rotatable bonds is 6. The zero-order chi connectivity index (χ0) is 19.9. The summed E-state index contributed by atoms with van der Waals surface area (Å²) in [6, 6.07) is 14.7. The van der Waals surface area contributed by atoms with Crippen molar-refractivity contribution in [3.63, 3.8) is 0 Å². The average molecular weight is 379 g/mol. The number of hydrogen-bond donors (Lipinski definition) is 1. The molecule has 0 bridgehead atoms. The smallest absolute Gasteiger partial charge is 0.230 e. The van der Waals surface area contributed by atoms with E-state index in [0.717, 1.165) is 18.4 Å². The SMILES string of the molecule is CN(C)[C@@H](CNC(=O)C1(c2ccc(F)cc2)CC1)c1cn(C)c2ccccc12. The number of halogens is 1. The van der Waals surface area contributed by atoms with E-state index in [9.17, 15) is 9.18 Å². The van der Waals surface area contributed by atoms with E-state index in [1.807, 2.05) is 33.3 Å². The monoisotopic (exact) mass is 379 g/mol. The van der Waals surface area contributed by atoms with E-state index in [1.54, 1.807) is 12.1 Å². The van der Waals surface area contributed by atoms with Crippen LogP contribution in [0.3, 0.4) is 0 Å². The molecule has 1 heterocycles. The Labute approximate surface area is 165 Å². The fourth-order valence-corrected chi connectivity index (χ4v) is 4.11. The van der Waals surface area contributed by atoms with Gasteiger partial charge in [-0.3, -0.25) is 4.79 Å². The maximum Gasteiger partial charge on any atom is 0.230 e. The molecule has 4 nitrogen and oxygen atoms in total. The van der Waals surface area contributed by atoms with Gasteiger partial charge in [0.1, 0.15) is 5.82 Å². The molecule has 28 heavy (non-hydrogen) atoms. The topological polar surface area (TPSA) is 37.3 Å². The summed E-state index contributed by atoms with van der Waals surface area (Å²) in [6.07, 6.45) is 3.77. The number of para-hydroxylation sites is 1. The molecule has 3 aromatic rings. The third-order valence-electron chi connectivity index (χ3n) is 5.95. The van der Waals surface area contributed by atoms with Gasteiger partial charge in [0.2, 0.25) is 5.91 Å². The lowest BCUT2D eigenvalue weighted by atomic mass is 9.94. The minimum absolute atomic E-state index is 0.0335. The lowest BCUT2D eigenvalue weighted by Gasteiger charge is -2.26. The highest BCUT2D eigenvalue weighted by atomic mass is 19.1. The van der Waals surface area contributed by atoms with Crippen molar-refractivity contribution in [2.24, 2.45) is 7.05 Å². The number of benzene rings is 2. The number of nitrogens with one attached hydrogen (secondary N) is 1. The molecule has 5 heteroatoms. The Kier molecular flexibility index (Phi) is 4.71. The summed E-state index contributed by atoms with van der Waals surface area (Å²) in [4.78, 5) is 15.1. The summed E-state index contributed by atoms with van der Waals surface area (Å²) >= 11 is 0. The van der Waals surface area contributed by atoms with Crippen LogP contribution >= 0.6 is 0 Å². The van der Waals surface area contributed by atoms with Gasteiger partial charge >= 0.3 is 0 Å². The van der Waals surface area contributed by atoms with E-state index in [4.69, 9.17) is 0 Å². The zero-order valence-corrected chi connectivity index (χ0v) is 16.6. The second kappa shape index (κ2) is 7.06. The largest absolute Gasteiger partial charge is 0.353 e. The number of hydrogen-bond acceptors (Lipinski definition) is 2. The fraction of sp³-hybridized carbons (Fsp3) is 0.348. The van der Waals surface area contributed by atoms with Crippen LogP contribution in [-0.4, -0.2) is 36.0 Å². The molecule has 0 spiro atoms. The van der Waals surface area contributed by atoms with Gasteiger partial charge in [0.05, 0.1) is 11.5 Å². The normalized spacial score (nSPS) is 16.3. The standard InChI is InChI=1S/C23H26FN3O/c1-26(2)21(19-15-27(3)20-7-5-4-6-18(19)20)14-25-22(28)23(12-13-23)16-8-10-17(24)11-9-16/h4-11,15,21H,12-14H2,1-3H3,(H,25,28)/t21-/m0/s1. The molecule has 1 amide bonds. The Balaban J connectivity index is 1.55. The third kappa shape index (κ3) is 3.20. The second-order valence-corrected chi connectivity index (χ2v) is 7.99. The van der Waals surface area contributed by atoms with Crippen molar-refractivity contribution >= 4 is 16.8 Å². The summed E-state index contributed by atoms with van der Waals surface area (Å²) < 4.78 is 15.4. The van der Waals surface area contributed by atoms with Gasteiger partial charge < -0.3 is 14.8 Å². The number of fused-ring (bicyclic) bond motifs is 1. The predicted octanol–water partition coefficient (Wildman–Crippen LogP) is 3.77. The Hall–Kier alpha value is -2.66. The van der Waals surface area contributed by atoms with Crippen LogP contribution in [0.5, 0.6) is 0 Å². The lowest BCUT2D eigenvalue weighted by molar-refractivity contribution is -0.123. The predicted molar refractivity (Wildman–Crippen MR) is 110 cm³/mol. The van der Waals surface area contributed by atoms with Gasteiger partial charge in [-0.05, 0) is 56.3 Å². The maximum absolute atomic E-state index is 13.2. The first-order valence-electron chi connectivity index (χ1n) is 9.67. The first kappa shape index (κ1) is 18.7. The summed E-state index contributed by atoms with van der Waals surface area (Å²) in [7, 11) is 6.11. The lowest BCUT2D eigenvalue weighted by Crippen LogP contribution is -2.40. The van der Waals surface area contributed by atoms with Crippen LogP contribution < -0.4 is 5.32 Å². The van der Waals surface area contributed by atoms with Crippen LogP contribution in [0, 0.1) is 5.82 Å². The number of nitrogens with zero attached hydrogens (tertiary/aromatic N) is 2. The highest BCUT2D eigenvalue weighted by Crippen LogP contribution is 2.48. The van der Waals surface area contributed by atoms with Crippen molar-refractivity contribution < 1.29 is 9.18 Å². The summed E-state index contributed by atoms with van der Waals surface area (Å²) in [5.41, 5.74) is 2.79. The Bertz CT molecular complexity index is 1000. The summed E-state index contributed by atoms with van der Waals surface area (Å²) in [6.45, 7) is 0.531. The molecule has 146 valence electrons. The van der Waals surface area contributed by atoms with Crippen molar-refractivity contribution in [3.05, 3.63) is 71.7 Å². The molecule has 1 aliphatic carbocycles. The van der Waals surface area contributed by atoms with E-state index in [2.05, 4.69) is 33.1 Å². The first-order chi connectivity index (χ1) is 13.4. The Morgan fingerprint density at radius 1 is 1.18 bits per heavy atom. The third-order valence-corrected chi connectivity index (χ3v) is 5.95. The molecule has 4 rings (SSSR count). The number of likely N-dealkylation sites (N-methyl/N-ethyl adjacent to an activating group) is 1. The van der Waals surface area contributed by atoms with Gasteiger partial charge in [-0.15, -0.1) is 0 Å². The average Bonchev–Trinajstić information content (AvgIpc) is 3.43. The minimum atomic E-state index is -0.497. The summed E-state index contributed by atoms with van der Waals surface area (Å²) in [5, 5.41) is 4.37. The molecule has 0 unspecified atom stereocenters. The van der Waals surface area contributed by atoms with Gasteiger partial charge in [0.25, 0.3) is 0 Å². The molecule has 1 aromatic heterocycles. The van der Waals surface area contributed by atoms with Gasteiger partial charge in [-0.1, -0.05) is 30.3 Å². The molecule has 2 aromatic carbocycles. The van der Waals surface area contributed by atoms with Crippen molar-refractivity contribution in [3.8, 4) is 0 Å². The van der Waals surface area contributed by atoms with Crippen molar-refractivity contribution in [1.29, 1.82) is 0 Å². The van der Waals surface area contributed by atoms with Crippen molar-refractivity contribution in [2.45, 2.75) is 24.3 Å². The molecule has 1 saturated carbocycles. The van der Waals surface area contributed by atoms with E-state index in [-0.39, 0.29) is 17.8 Å². The molecule has 0 saturated heterocycles. The minimum Gasteiger partial charge on any atom is -0.353 e. The highest BCUT2D eigenvalue weighted by Gasteiger charge is 2.51. The van der Waals surface area contributed by atoms with Crippen LogP contribution in [0.4, 0.5) is 4.39 Å². The highest BCUT2D eigenvalue weighted by molar-refractivity contribution is 5.91.